The molecule has 0 spiro atoms. The van der Waals surface area contributed by atoms with E-state index in [9.17, 15) is 9.50 Å². The van der Waals surface area contributed by atoms with E-state index in [2.05, 4.69) is 15.3 Å². The Bertz CT molecular complexity index is 706. The molecule has 0 atom stereocenters. The maximum absolute atomic E-state index is 13.5. The number of aromatic amines is 1. The summed E-state index contributed by atoms with van der Waals surface area (Å²) in [7, 11) is 0. The molecule has 0 saturated carbocycles. The number of H-pyrrole nitrogens is 1. The average Bonchev–Trinajstić information content (AvgIpc) is 2.83. The lowest BCUT2D eigenvalue weighted by molar-refractivity contribution is 0.475. The molecule has 1 heterocycles. The van der Waals surface area contributed by atoms with Gasteiger partial charge >= 0.3 is 0 Å². The Morgan fingerprint density at radius 2 is 1.95 bits per heavy atom. The summed E-state index contributed by atoms with van der Waals surface area (Å²) >= 11 is 0. The fourth-order valence-corrected chi connectivity index (χ4v) is 1.90. The van der Waals surface area contributed by atoms with Gasteiger partial charge in [0.05, 0.1) is 12.1 Å². The van der Waals surface area contributed by atoms with Gasteiger partial charge in [-0.15, -0.1) is 0 Å². The quantitative estimate of drug-likeness (QED) is 0.632. The van der Waals surface area contributed by atoms with Crippen LogP contribution in [0.25, 0.3) is 11.0 Å². The molecule has 4 nitrogen and oxygen atoms in total. The lowest BCUT2D eigenvalue weighted by atomic mass is 10.3. The third-order valence-corrected chi connectivity index (χ3v) is 2.84. The summed E-state index contributed by atoms with van der Waals surface area (Å²) in [6, 6.07) is 11.5. The summed E-state index contributed by atoms with van der Waals surface area (Å²) in [5, 5.41) is 12.3. The number of phenols is 1. The summed E-state index contributed by atoms with van der Waals surface area (Å²) in [4.78, 5) is 7.26. The van der Waals surface area contributed by atoms with Gasteiger partial charge in [-0.3, -0.25) is 0 Å². The van der Waals surface area contributed by atoms with Crippen molar-refractivity contribution in [1.82, 2.24) is 9.97 Å². The molecule has 0 aliphatic heterocycles. The predicted octanol–water partition coefficient (Wildman–Crippen LogP) is 3.02. The maximum Gasteiger partial charge on any atom is 0.151 e. The number of fused-ring (bicyclic) bond motifs is 1. The number of anilines is 1. The van der Waals surface area contributed by atoms with Gasteiger partial charge in [0.1, 0.15) is 17.1 Å². The van der Waals surface area contributed by atoms with Crippen LogP contribution in [-0.4, -0.2) is 15.1 Å². The third kappa shape index (κ3) is 2.35. The zero-order chi connectivity index (χ0) is 13.2. The number of para-hydroxylation sites is 1. The number of nitrogens with zero attached hydrogens (tertiary/aromatic N) is 1. The van der Waals surface area contributed by atoms with Gasteiger partial charge in [-0.1, -0.05) is 6.07 Å². The molecule has 96 valence electrons. The zero-order valence-corrected chi connectivity index (χ0v) is 10.0. The first-order valence-corrected chi connectivity index (χ1v) is 5.88. The number of hydrogen-bond acceptors (Lipinski definition) is 3. The number of halogens is 1. The highest BCUT2D eigenvalue weighted by Crippen LogP contribution is 2.17. The van der Waals surface area contributed by atoms with Gasteiger partial charge in [-0.25, -0.2) is 9.37 Å². The van der Waals surface area contributed by atoms with Gasteiger partial charge in [0.15, 0.2) is 5.82 Å². The molecule has 0 amide bonds. The summed E-state index contributed by atoms with van der Waals surface area (Å²) in [6.45, 7) is 0.457. The van der Waals surface area contributed by atoms with Crippen LogP contribution in [0, 0.1) is 5.82 Å². The number of rotatable bonds is 3. The highest BCUT2D eigenvalue weighted by molar-refractivity contribution is 5.75. The molecule has 5 heteroatoms. The van der Waals surface area contributed by atoms with E-state index in [1.807, 2.05) is 0 Å². The van der Waals surface area contributed by atoms with Crippen molar-refractivity contribution in [3.05, 3.63) is 54.1 Å². The minimum atomic E-state index is -0.329. The van der Waals surface area contributed by atoms with Crippen molar-refractivity contribution >= 4 is 16.7 Å². The van der Waals surface area contributed by atoms with Gasteiger partial charge in [0, 0.05) is 5.69 Å². The van der Waals surface area contributed by atoms with E-state index in [0.29, 0.717) is 23.4 Å². The minimum absolute atomic E-state index is 0.219. The van der Waals surface area contributed by atoms with Crippen LogP contribution in [0.1, 0.15) is 5.82 Å². The molecule has 1 aromatic heterocycles. The first kappa shape index (κ1) is 11.5. The molecular weight excluding hydrogens is 245 g/mol. The standard InChI is InChI=1S/C14H12FN3O/c15-11-2-1-3-12-14(11)18-13(17-12)8-16-9-4-6-10(19)7-5-9/h1-7,16,19H,8H2,(H,17,18). The molecule has 3 rings (SSSR count). The number of phenolic OH excluding ortho intramolecular Hbond substituents is 1. The summed E-state index contributed by atoms with van der Waals surface area (Å²) in [5.74, 6) is 0.550. The van der Waals surface area contributed by atoms with Crippen LogP contribution in [0.4, 0.5) is 10.1 Å². The Hall–Kier alpha value is -2.56. The molecule has 3 N–H and O–H groups in total. The average molecular weight is 257 g/mol. The fraction of sp³-hybridized carbons (Fsp3) is 0.0714. The van der Waals surface area contributed by atoms with Crippen molar-refractivity contribution in [1.29, 1.82) is 0 Å². The van der Waals surface area contributed by atoms with Gasteiger partial charge in [0.2, 0.25) is 0 Å². The Morgan fingerprint density at radius 3 is 2.68 bits per heavy atom. The lowest BCUT2D eigenvalue weighted by Gasteiger charge is -2.03. The van der Waals surface area contributed by atoms with E-state index in [0.717, 1.165) is 5.69 Å². The third-order valence-electron chi connectivity index (χ3n) is 2.84. The van der Waals surface area contributed by atoms with Crippen LogP contribution < -0.4 is 5.32 Å². The van der Waals surface area contributed by atoms with E-state index in [4.69, 9.17) is 0 Å². The lowest BCUT2D eigenvalue weighted by Crippen LogP contribution is -2.00. The summed E-state index contributed by atoms with van der Waals surface area (Å²) in [5.41, 5.74) is 1.89. The highest BCUT2D eigenvalue weighted by atomic mass is 19.1. The van der Waals surface area contributed by atoms with Gasteiger partial charge in [-0.05, 0) is 36.4 Å². The van der Waals surface area contributed by atoms with E-state index in [1.165, 1.54) is 6.07 Å². The second-order valence-corrected chi connectivity index (χ2v) is 4.22. The molecule has 0 aliphatic rings. The molecule has 0 saturated heterocycles. The number of hydrogen-bond donors (Lipinski definition) is 3. The van der Waals surface area contributed by atoms with Crippen molar-refractivity contribution < 1.29 is 9.50 Å². The van der Waals surface area contributed by atoms with Crippen molar-refractivity contribution in [3.8, 4) is 5.75 Å². The SMILES string of the molecule is Oc1ccc(NCc2nc3c(F)cccc3[nH]2)cc1. The van der Waals surface area contributed by atoms with Crippen molar-refractivity contribution in [3.63, 3.8) is 0 Å². The zero-order valence-electron chi connectivity index (χ0n) is 10.0. The molecular formula is C14H12FN3O. The normalized spacial score (nSPS) is 10.8. The van der Waals surface area contributed by atoms with Gasteiger partial charge < -0.3 is 15.4 Å². The topological polar surface area (TPSA) is 60.9 Å². The van der Waals surface area contributed by atoms with Crippen molar-refractivity contribution in [2.45, 2.75) is 6.54 Å². The summed E-state index contributed by atoms with van der Waals surface area (Å²) < 4.78 is 13.5. The number of imidazole rings is 1. The summed E-state index contributed by atoms with van der Waals surface area (Å²) in [6.07, 6.45) is 0. The number of aromatic nitrogens is 2. The van der Waals surface area contributed by atoms with E-state index < -0.39 is 0 Å². The number of aromatic hydroxyl groups is 1. The first-order chi connectivity index (χ1) is 9.22. The predicted molar refractivity (Wildman–Crippen MR) is 71.5 cm³/mol. The van der Waals surface area contributed by atoms with Gasteiger partial charge in [0.25, 0.3) is 0 Å². The monoisotopic (exact) mass is 257 g/mol. The molecule has 3 aromatic rings. The van der Waals surface area contributed by atoms with Crippen LogP contribution in [0.15, 0.2) is 42.5 Å². The molecule has 0 aliphatic carbocycles. The molecule has 0 unspecified atom stereocenters. The van der Waals surface area contributed by atoms with Crippen LogP contribution >= 0.6 is 0 Å². The van der Waals surface area contributed by atoms with E-state index >= 15 is 0 Å². The smallest absolute Gasteiger partial charge is 0.151 e. The fourth-order valence-electron chi connectivity index (χ4n) is 1.90. The van der Waals surface area contributed by atoms with Crippen LogP contribution in [0.5, 0.6) is 5.75 Å². The Labute approximate surface area is 108 Å². The number of nitrogens with one attached hydrogen (secondary N) is 2. The number of benzene rings is 2. The van der Waals surface area contributed by atoms with Crippen LogP contribution in [0.2, 0.25) is 0 Å². The van der Waals surface area contributed by atoms with Crippen LogP contribution in [0.3, 0.4) is 0 Å². The Morgan fingerprint density at radius 1 is 1.16 bits per heavy atom. The van der Waals surface area contributed by atoms with Crippen molar-refractivity contribution in [2.75, 3.05) is 5.32 Å². The Kier molecular flexibility index (Phi) is 2.79. The molecule has 0 fully saturated rings. The second-order valence-electron chi connectivity index (χ2n) is 4.22. The highest BCUT2D eigenvalue weighted by Gasteiger charge is 2.06. The first-order valence-electron chi connectivity index (χ1n) is 5.88. The Balaban J connectivity index is 1.78. The molecule has 0 radical (unpaired) electrons. The van der Waals surface area contributed by atoms with E-state index in [1.54, 1.807) is 36.4 Å². The largest absolute Gasteiger partial charge is 0.508 e. The van der Waals surface area contributed by atoms with E-state index in [-0.39, 0.29) is 11.6 Å². The van der Waals surface area contributed by atoms with Crippen molar-refractivity contribution in [2.24, 2.45) is 0 Å². The van der Waals surface area contributed by atoms with Gasteiger partial charge in [-0.2, -0.15) is 0 Å². The maximum atomic E-state index is 13.5. The van der Waals surface area contributed by atoms with Crippen LogP contribution in [-0.2, 0) is 6.54 Å². The molecule has 19 heavy (non-hydrogen) atoms. The second kappa shape index (κ2) is 4.61. The minimum Gasteiger partial charge on any atom is -0.508 e. The molecule has 0 bridgehead atoms. The molecule has 2 aromatic carbocycles.